The molecule has 0 unspecified atom stereocenters. The molecule has 0 aromatic heterocycles. The highest BCUT2D eigenvalue weighted by atomic mass is 16.5. The molecule has 1 heteroatoms. The van der Waals surface area contributed by atoms with Crippen LogP contribution < -0.4 is 4.74 Å². The van der Waals surface area contributed by atoms with Gasteiger partial charge < -0.3 is 4.74 Å². The van der Waals surface area contributed by atoms with Gasteiger partial charge in [-0.15, -0.1) is 0 Å². The zero-order valence-electron chi connectivity index (χ0n) is 10.1. The summed E-state index contributed by atoms with van der Waals surface area (Å²) >= 11 is 0. The van der Waals surface area contributed by atoms with Gasteiger partial charge >= 0.3 is 0 Å². The first-order valence-corrected chi connectivity index (χ1v) is 5.30. The summed E-state index contributed by atoms with van der Waals surface area (Å²) in [4.78, 5) is 0. The average Bonchev–Trinajstić information content (AvgIpc) is 2.12. The SMILES string of the molecule is C=CCOc1cccc(C)c1C(C)(C)C. The van der Waals surface area contributed by atoms with Gasteiger partial charge in [-0.25, -0.2) is 0 Å². The summed E-state index contributed by atoms with van der Waals surface area (Å²) in [6.07, 6.45) is 1.77. The fourth-order valence-corrected chi connectivity index (χ4v) is 1.87. The third-order valence-electron chi connectivity index (χ3n) is 2.34. The maximum Gasteiger partial charge on any atom is 0.123 e. The normalized spacial score (nSPS) is 11.2. The second-order valence-electron chi connectivity index (χ2n) is 4.80. The number of hydrogen-bond acceptors (Lipinski definition) is 1. The molecule has 0 saturated heterocycles. The fraction of sp³-hybridized carbons (Fsp3) is 0.429. The molecule has 1 aromatic rings. The Labute approximate surface area is 92.8 Å². The van der Waals surface area contributed by atoms with Crippen molar-refractivity contribution in [2.24, 2.45) is 0 Å². The van der Waals surface area contributed by atoms with Gasteiger partial charge in [-0.05, 0) is 24.0 Å². The molecule has 0 aliphatic heterocycles. The van der Waals surface area contributed by atoms with Crippen LogP contribution in [0.1, 0.15) is 31.9 Å². The second kappa shape index (κ2) is 4.52. The maximum absolute atomic E-state index is 5.68. The molecule has 0 radical (unpaired) electrons. The van der Waals surface area contributed by atoms with Gasteiger partial charge in [-0.3, -0.25) is 0 Å². The van der Waals surface area contributed by atoms with Crippen molar-refractivity contribution in [2.45, 2.75) is 33.1 Å². The van der Waals surface area contributed by atoms with Crippen LogP contribution in [0.25, 0.3) is 0 Å². The van der Waals surface area contributed by atoms with Gasteiger partial charge in [0.05, 0.1) is 0 Å². The summed E-state index contributed by atoms with van der Waals surface area (Å²) in [6, 6.07) is 6.18. The van der Waals surface area contributed by atoms with Crippen molar-refractivity contribution in [2.75, 3.05) is 6.61 Å². The Kier molecular flexibility index (Phi) is 3.57. The minimum absolute atomic E-state index is 0.113. The molecule has 1 aromatic carbocycles. The second-order valence-corrected chi connectivity index (χ2v) is 4.80. The number of hydrogen-bond donors (Lipinski definition) is 0. The van der Waals surface area contributed by atoms with E-state index in [-0.39, 0.29) is 5.41 Å². The first kappa shape index (κ1) is 11.8. The number of rotatable bonds is 3. The molecule has 0 aliphatic carbocycles. The standard InChI is InChI=1S/C14H20O/c1-6-10-15-12-9-7-8-11(2)13(12)14(3,4)5/h6-9H,1,10H2,2-5H3. The molecule has 0 atom stereocenters. The summed E-state index contributed by atoms with van der Waals surface area (Å²) in [5, 5.41) is 0. The summed E-state index contributed by atoms with van der Waals surface area (Å²) in [5.74, 6) is 0.974. The van der Waals surface area contributed by atoms with Crippen LogP contribution in [0.15, 0.2) is 30.9 Å². The zero-order chi connectivity index (χ0) is 11.5. The van der Waals surface area contributed by atoms with E-state index in [0.29, 0.717) is 6.61 Å². The van der Waals surface area contributed by atoms with Crippen molar-refractivity contribution < 1.29 is 4.74 Å². The summed E-state index contributed by atoms with van der Waals surface area (Å²) in [7, 11) is 0. The van der Waals surface area contributed by atoms with Crippen molar-refractivity contribution in [3.8, 4) is 5.75 Å². The van der Waals surface area contributed by atoms with E-state index in [1.165, 1.54) is 11.1 Å². The first-order chi connectivity index (χ1) is 6.96. The lowest BCUT2D eigenvalue weighted by molar-refractivity contribution is 0.350. The maximum atomic E-state index is 5.68. The van der Waals surface area contributed by atoms with Gasteiger partial charge in [0.2, 0.25) is 0 Å². The topological polar surface area (TPSA) is 9.23 Å². The Morgan fingerprint density at radius 1 is 1.33 bits per heavy atom. The molecule has 0 aliphatic rings. The zero-order valence-corrected chi connectivity index (χ0v) is 10.1. The third kappa shape index (κ3) is 2.85. The van der Waals surface area contributed by atoms with E-state index < -0.39 is 0 Å². The molecular weight excluding hydrogens is 184 g/mol. The van der Waals surface area contributed by atoms with E-state index >= 15 is 0 Å². The van der Waals surface area contributed by atoms with Gasteiger partial charge in [0, 0.05) is 5.56 Å². The number of benzene rings is 1. The predicted molar refractivity (Wildman–Crippen MR) is 65.6 cm³/mol. The molecule has 15 heavy (non-hydrogen) atoms. The minimum atomic E-state index is 0.113. The van der Waals surface area contributed by atoms with Crippen LogP contribution in [-0.4, -0.2) is 6.61 Å². The van der Waals surface area contributed by atoms with Crippen molar-refractivity contribution >= 4 is 0 Å². The van der Waals surface area contributed by atoms with Crippen molar-refractivity contribution in [3.05, 3.63) is 42.0 Å². The van der Waals surface area contributed by atoms with Crippen LogP contribution in [-0.2, 0) is 5.41 Å². The Hall–Kier alpha value is -1.24. The van der Waals surface area contributed by atoms with Gasteiger partial charge in [0.1, 0.15) is 12.4 Å². The molecule has 0 N–H and O–H groups in total. The molecule has 0 spiro atoms. The Morgan fingerprint density at radius 2 is 2.00 bits per heavy atom. The molecular formula is C14H20O. The molecule has 1 nitrogen and oxygen atoms in total. The predicted octanol–water partition coefficient (Wildman–Crippen LogP) is 3.86. The fourth-order valence-electron chi connectivity index (χ4n) is 1.87. The van der Waals surface area contributed by atoms with Gasteiger partial charge in [0.15, 0.2) is 0 Å². The lowest BCUT2D eigenvalue weighted by atomic mass is 9.83. The van der Waals surface area contributed by atoms with Crippen LogP contribution in [0, 0.1) is 6.92 Å². The first-order valence-electron chi connectivity index (χ1n) is 5.30. The van der Waals surface area contributed by atoms with Crippen LogP contribution in [0.5, 0.6) is 5.75 Å². The largest absolute Gasteiger partial charge is 0.489 e. The van der Waals surface area contributed by atoms with E-state index in [0.717, 1.165) is 5.75 Å². The van der Waals surface area contributed by atoms with E-state index in [1.807, 2.05) is 12.1 Å². The summed E-state index contributed by atoms with van der Waals surface area (Å²) in [6.45, 7) is 13.0. The summed E-state index contributed by atoms with van der Waals surface area (Å²) < 4.78 is 5.68. The van der Waals surface area contributed by atoms with E-state index in [4.69, 9.17) is 4.74 Å². The van der Waals surface area contributed by atoms with Gasteiger partial charge in [0.25, 0.3) is 0 Å². The summed E-state index contributed by atoms with van der Waals surface area (Å²) in [5.41, 5.74) is 2.68. The van der Waals surface area contributed by atoms with E-state index in [2.05, 4.69) is 40.3 Å². The van der Waals surface area contributed by atoms with Crippen molar-refractivity contribution in [1.29, 1.82) is 0 Å². The Balaban J connectivity index is 3.14. The molecule has 0 fully saturated rings. The van der Waals surface area contributed by atoms with E-state index in [9.17, 15) is 0 Å². The third-order valence-corrected chi connectivity index (χ3v) is 2.34. The lowest BCUT2D eigenvalue weighted by Crippen LogP contribution is -2.15. The number of aryl methyl sites for hydroxylation is 1. The van der Waals surface area contributed by atoms with E-state index in [1.54, 1.807) is 6.08 Å². The average molecular weight is 204 g/mol. The molecule has 82 valence electrons. The number of ether oxygens (including phenoxy) is 1. The highest BCUT2D eigenvalue weighted by Gasteiger charge is 2.20. The lowest BCUT2D eigenvalue weighted by Gasteiger charge is -2.24. The van der Waals surface area contributed by atoms with Gasteiger partial charge in [-0.1, -0.05) is 45.6 Å². The molecule has 1 rings (SSSR count). The van der Waals surface area contributed by atoms with Crippen LogP contribution >= 0.6 is 0 Å². The molecule has 0 amide bonds. The highest BCUT2D eigenvalue weighted by Crippen LogP contribution is 2.33. The Morgan fingerprint density at radius 3 is 2.53 bits per heavy atom. The van der Waals surface area contributed by atoms with Crippen LogP contribution in [0.2, 0.25) is 0 Å². The Bertz CT molecular complexity index is 345. The molecule has 0 heterocycles. The monoisotopic (exact) mass is 204 g/mol. The molecule has 0 bridgehead atoms. The van der Waals surface area contributed by atoms with Crippen molar-refractivity contribution in [1.82, 2.24) is 0 Å². The smallest absolute Gasteiger partial charge is 0.123 e. The molecule has 0 saturated carbocycles. The minimum Gasteiger partial charge on any atom is -0.489 e. The van der Waals surface area contributed by atoms with Gasteiger partial charge in [-0.2, -0.15) is 0 Å². The van der Waals surface area contributed by atoms with Crippen molar-refractivity contribution in [3.63, 3.8) is 0 Å². The van der Waals surface area contributed by atoms with Crippen LogP contribution in [0.3, 0.4) is 0 Å². The quantitative estimate of drug-likeness (QED) is 0.679. The highest BCUT2D eigenvalue weighted by molar-refractivity contribution is 5.44. The van der Waals surface area contributed by atoms with Crippen LogP contribution in [0.4, 0.5) is 0 Å².